The monoisotopic (exact) mass is 483 g/mol. The summed E-state index contributed by atoms with van der Waals surface area (Å²) in [4.78, 5) is 30.0. The average Bonchev–Trinajstić information content (AvgIpc) is 3.37. The SMILES string of the molecule is CCNC(=O)c1ccc(-n2cc(C(=O)NOCc3ccccc3)nn2)c(OCCCCCCF)c1. The Bertz CT molecular complexity index is 1090. The van der Waals surface area contributed by atoms with Gasteiger partial charge in [0, 0.05) is 12.1 Å². The largest absolute Gasteiger partial charge is 0.491 e. The summed E-state index contributed by atoms with van der Waals surface area (Å²) >= 11 is 0. The molecule has 186 valence electrons. The van der Waals surface area contributed by atoms with Crippen molar-refractivity contribution in [2.45, 2.75) is 39.2 Å². The maximum Gasteiger partial charge on any atom is 0.297 e. The number of aromatic nitrogens is 3. The Balaban J connectivity index is 1.68. The Morgan fingerprint density at radius 1 is 1.03 bits per heavy atom. The molecule has 10 heteroatoms. The van der Waals surface area contributed by atoms with Gasteiger partial charge in [-0.15, -0.1) is 5.10 Å². The minimum Gasteiger partial charge on any atom is -0.491 e. The van der Waals surface area contributed by atoms with Crippen LogP contribution in [-0.4, -0.2) is 46.6 Å². The van der Waals surface area contributed by atoms with Gasteiger partial charge in [-0.3, -0.25) is 18.8 Å². The van der Waals surface area contributed by atoms with Gasteiger partial charge in [0.15, 0.2) is 5.69 Å². The van der Waals surface area contributed by atoms with Gasteiger partial charge in [0.1, 0.15) is 11.4 Å². The van der Waals surface area contributed by atoms with Crippen molar-refractivity contribution in [1.82, 2.24) is 25.8 Å². The molecule has 0 unspecified atom stereocenters. The molecule has 0 bridgehead atoms. The number of hydrogen-bond donors (Lipinski definition) is 2. The molecule has 0 spiro atoms. The van der Waals surface area contributed by atoms with Crippen molar-refractivity contribution in [1.29, 1.82) is 0 Å². The first-order chi connectivity index (χ1) is 17.1. The lowest BCUT2D eigenvalue weighted by molar-refractivity contribution is 0.0229. The number of rotatable bonds is 14. The van der Waals surface area contributed by atoms with Crippen LogP contribution in [0.3, 0.4) is 0 Å². The first-order valence-electron chi connectivity index (χ1n) is 11.6. The highest BCUT2D eigenvalue weighted by atomic mass is 19.1. The van der Waals surface area contributed by atoms with Crippen LogP contribution in [0.1, 0.15) is 59.0 Å². The van der Waals surface area contributed by atoms with E-state index >= 15 is 0 Å². The lowest BCUT2D eigenvalue weighted by atomic mass is 10.1. The van der Waals surface area contributed by atoms with E-state index in [9.17, 15) is 14.0 Å². The summed E-state index contributed by atoms with van der Waals surface area (Å²) in [5.74, 6) is -0.334. The van der Waals surface area contributed by atoms with Crippen LogP contribution in [-0.2, 0) is 11.4 Å². The molecule has 0 aliphatic rings. The fourth-order valence-corrected chi connectivity index (χ4v) is 3.25. The van der Waals surface area contributed by atoms with Gasteiger partial charge < -0.3 is 10.1 Å². The second-order valence-electron chi connectivity index (χ2n) is 7.75. The maximum absolute atomic E-state index is 12.4. The van der Waals surface area contributed by atoms with Crippen LogP contribution >= 0.6 is 0 Å². The zero-order valence-corrected chi connectivity index (χ0v) is 19.7. The number of hydroxylamine groups is 1. The van der Waals surface area contributed by atoms with Crippen molar-refractivity contribution in [2.75, 3.05) is 19.8 Å². The van der Waals surface area contributed by atoms with Crippen molar-refractivity contribution in [3.63, 3.8) is 0 Å². The minimum atomic E-state index is -0.540. The Kier molecular flexibility index (Phi) is 10.2. The van der Waals surface area contributed by atoms with Crippen molar-refractivity contribution in [3.05, 3.63) is 71.5 Å². The molecule has 0 atom stereocenters. The van der Waals surface area contributed by atoms with Crippen LogP contribution in [0.2, 0.25) is 0 Å². The molecule has 0 aliphatic heterocycles. The summed E-state index contributed by atoms with van der Waals surface area (Å²) in [6, 6.07) is 14.4. The molecule has 0 radical (unpaired) electrons. The third kappa shape index (κ3) is 7.89. The smallest absolute Gasteiger partial charge is 0.297 e. The van der Waals surface area contributed by atoms with Gasteiger partial charge in [0.25, 0.3) is 11.8 Å². The van der Waals surface area contributed by atoms with Crippen LogP contribution < -0.4 is 15.5 Å². The molecule has 2 aromatic carbocycles. The highest BCUT2D eigenvalue weighted by Crippen LogP contribution is 2.25. The molecule has 2 amide bonds. The Labute approximate surface area is 203 Å². The molecule has 35 heavy (non-hydrogen) atoms. The summed E-state index contributed by atoms with van der Waals surface area (Å²) in [5, 5.41) is 10.7. The first-order valence-corrected chi connectivity index (χ1v) is 11.6. The molecule has 1 aromatic heterocycles. The Morgan fingerprint density at radius 3 is 2.60 bits per heavy atom. The summed E-state index contributed by atoms with van der Waals surface area (Å²) in [6.07, 6.45) is 4.37. The van der Waals surface area contributed by atoms with Crippen molar-refractivity contribution < 1.29 is 23.6 Å². The number of nitrogens with zero attached hydrogens (tertiary/aromatic N) is 3. The number of ether oxygens (including phenoxy) is 1. The molecule has 9 nitrogen and oxygen atoms in total. The number of hydrogen-bond acceptors (Lipinski definition) is 6. The molecule has 3 rings (SSSR count). The number of carbonyl (C=O) groups is 2. The molecule has 0 saturated carbocycles. The number of amides is 2. The van der Waals surface area contributed by atoms with E-state index in [0.29, 0.717) is 36.6 Å². The molecule has 3 aromatic rings. The van der Waals surface area contributed by atoms with E-state index in [1.807, 2.05) is 37.3 Å². The maximum atomic E-state index is 12.4. The van der Waals surface area contributed by atoms with Crippen LogP contribution in [0.25, 0.3) is 5.69 Å². The number of benzene rings is 2. The number of halogens is 1. The second-order valence-corrected chi connectivity index (χ2v) is 7.75. The van der Waals surface area contributed by atoms with E-state index in [4.69, 9.17) is 9.57 Å². The number of carbonyl (C=O) groups excluding carboxylic acids is 2. The fourth-order valence-electron chi connectivity index (χ4n) is 3.25. The van der Waals surface area contributed by atoms with Gasteiger partial charge in [-0.05, 0) is 49.9 Å². The van der Waals surface area contributed by atoms with E-state index in [2.05, 4.69) is 21.1 Å². The Morgan fingerprint density at radius 2 is 1.83 bits per heavy atom. The molecule has 2 N–H and O–H groups in total. The predicted molar refractivity (Wildman–Crippen MR) is 128 cm³/mol. The molecule has 1 heterocycles. The van der Waals surface area contributed by atoms with E-state index < -0.39 is 5.91 Å². The lowest BCUT2D eigenvalue weighted by Crippen LogP contribution is -2.23. The van der Waals surface area contributed by atoms with Gasteiger partial charge in [0.05, 0.1) is 26.1 Å². The third-order valence-electron chi connectivity index (χ3n) is 5.06. The van der Waals surface area contributed by atoms with Crippen LogP contribution in [0.5, 0.6) is 5.75 Å². The molecular formula is C25H30FN5O4. The van der Waals surface area contributed by atoms with Crippen LogP contribution in [0, 0.1) is 0 Å². The summed E-state index contributed by atoms with van der Waals surface area (Å²) < 4.78 is 19.6. The average molecular weight is 484 g/mol. The number of unbranched alkanes of at least 4 members (excludes halogenated alkanes) is 3. The topological polar surface area (TPSA) is 107 Å². The van der Waals surface area contributed by atoms with Gasteiger partial charge in [-0.1, -0.05) is 42.0 Å². The normalized spacial score (nSPS) is 10.7. The summed E-state index contributed by atoms with van der Waals surface area (Å²) in [5.41, 5.74) is 4.30. The van der Waals surface area contributed by atoms with Crippen LogP contribution in [0.15, 0.2) is 54.7 Å². The highest BCUT2D eigenvalue weighted by molar-refractivity contribution is 5.95. The first kappa shape index (κ1) is 25.8. The van der Waals surface area contributed by atoms with Gasteiger partial charge in [-0.25, -0.2) is 10.2 Å². The number of alkyl halides is 1. The van der Waals surface area contributed by atoms with E-state index in [-0.39, 0.29) is 24.9 Å². The van der Waals surface area contributed by atoms with Crippen molar-refractivity contribution >= 4 is 11.8 Å². The summed E-state index contributed by atoms with van der Waals surface area (Å²) in [7, 11) is 0. The van der Waals surface area contributed by atoms with Crippen LogP contribution in [0.4, 0.5) is 4.39 Å². The van der Waals surface area contributed by atoms with Gasteiger partial charge in [0.2, 0.25) is 0 Å². The fraction of sp³-hybridized carbons (Fsp3) is 0.360. The molecule has 0 saturated heterocycles. The highest BCUT2D eigenvalue weighted by Gasteiger charge is 2.16. The lowest BCUT2D eigenvalue weighted by Gasteiger charge is -2.13. The number of nitrogens with one attached hydrogen (secondary N) is 2. The molecule has 0 fully saturated rings. The van der Waals surface area contributed by atoms with E-state index in [0.717, 1.165) is 24.8 Å². The molecule has 0 aliphatic carbocycles. The third-order valence-corrected chi connectivity index (χ3v) is 5.06. The second kappa shape index (κ2) is 13.8. The quantitative estimate of drug-likeness (QED) is 0.267. The summed E-state index contributed by atoms with van der Waals surface area (Å²) in [6.45, 7) is 2.63. The van der Waals surface area contributed by atoms with E-state index in [1.54, 1.807) is 18.2 Å². The molecular weight excluding hydrogens is 453 g/mol. The predicted octanol–water partition coefficient (Wildman–Crippen LogP) is 3.79. The standard InChI is InChI=1S/C25H30FN5O4/c1-2-27-24(32)20-12-13-22(23(16-20)34-15-9-4-3-8-14-26)31-17-21(28-30-31)25(33)29-35-18-19-10-6-5-7-11-19/h5-7,10-13,16-17H,2-4,8-9,14-15,18H2,1H3,(H,27,32)(H,29,33). The zero-order chi connectivity index (χ0) is 24.9. The van der Waals surface area contributed by atoms with E-state index in [1.165, 1.54) is 10.9 Å². The van der Waals surface area contributed by atoms with Gasteiger partial charge >= 0.3 is 0 Å². The van der Waals surface area contributed by atoms with Crippen molar-refractivity contribution in [2.24, 2.45) is 0 Å². The van der Waals surface area contributed by atoms with Gasteiger partial charge in [-0.2, -0.15) is 0 Å². The van der Waals surface area contributed by atoms with Crippen molar-refractivity contribution in [3.8, 4) is 11.4 Å². The Hall–Kier alpha value is -3.79. The zero-order valence-electron chi connectivity index (χ0n) is 19.7. The minimum absolute atomic E-state index is 0.0584.